The number of amides is 3. The van der Waals surface area contributed by atoms with Crippen LogP contribution in [-0.2, 0) is 42.2 Å². The Kier molecular flexibility index (Phi) is 15.5. The summed E-state index contributed by atoms with van der Waals surface area (Å²) in [6.07, 6.45) is 2.54. The molecule has 0 spiro atoms. The number of fused-ring (bicyclic) bond motifs is 1. The van der Waals surface area contributed by atoms with Crippen LogP contribution in [0.1, 0.15) is 57.1 Å². The molecule has 4 rings (SSSR count). The van der Waals surface area contributed by atoms with Crippen LogP contribution < -0.4 is 22.1 Å². The molecular formula is C39H59N7O6S. The lowest BCUT2D eigenvalue weighted by atomic mass is 9.88. The summed E-state index contributed by atoms with van der Waals surface area (Å²) in [7, 11) is -0.524. The maximum absolute atomic E-state index is 14.1. The highest BCUT2D eigenvalue weighted by molar-refractivity contribution is 7.86. The molecule has 2 aromatic carbocycles. The lowest BCUT2D eigenvalue weighted by Crippen LogP contribution is -2.52. The molecule has 2 heterocycles. The maximum atomic E-state index is 14.1. The summed E-state index contributed by atoms with van der Waals surface area (Å²) in [4.78, 5) is 57.2. The molecule has 0 aromatic heterocycles. The fourth-order valence-electron chi connectivity index (χ4n) is 7.38. The Bertz CT molecular complexity index is 1610. The van der Waals surface area contributed by atoms with Gasteiger partial charge in [0, 0.05) is 52.6 Å². The number of hydrogen-bond acceptors (Lipinski definition) is 8. The smallest absolute Gasteiger partial charge is 0.281 e. The summed E-state index contributed by atoms with van der Waals surface area (Å²) in [6.45, 7) is 5.91. The van der Waals surface area contributed by atoms with Crippen molar-refractivity contribution in [2.75, 3.05) is 46.8 Å². The third-order valence-corrected chi connectivity index (χ3v) is 12.2. The number of ketones is 1. The third kappa shape index (κ3) is 11.9. The molecule has 2 fully saturated rings. The van der Waals surface area contributed by atoms with E-state index in [4.69, 9.17) is 11.5 Å². The largest absolute Gasteiger partial charge is 0.345 e. The molecule has 53 heavy (non-hydrogen) atoms. The van der Waals surface area contributed by atoms with Crippen molar-refractivity contribution >= 4 is 33.7 Å². The summed E-state index contributed by atoms with van der Waals surface area (Å²) >= 11 is 0. The van der Waals surface area contributed by atoms with Gasteiger partial charge in [-0.25, -0.2) is 0 Å². The molecule has 14 heteroatoms. The van der Waals surface area contributed by atoms with E-state index in [1.807, 2.05) is 74.5 Å². The highest BCUT2D eigenvalue weighted by Crippen LogP contribution is 2.33. The average Bonchev–Trinajstić information content (AvgIpc) is 3.72. The predicted octanol–water partition coefficient (Wildman–Crippen LogP) is 1.72. The van der Waals surface area contributed by atoms with Crippen LogP contribution in [0.15, 0.2) is 60.7 Å². The molecule has 292 valence electrons. The fraction of sp³-hybridized carbons (Fsp3) is 0.590. The van der Waals surface area contributed by atoms with Crippen molar-refractivity contribution < 1.29 is 27.6 Å². The monoisotopic (exact) mass is 753 g/mol. The first-order valence-electron chi connectivity index (χ1n) is 18.8. The van der Waals surface area contributed by atoms with Gasteiger partial charge in [0.25, 0.3) is 10.2 Å². The Hall–Kier alpha value is -3.69. The minimum absolute atomic E-state index is 0.0120. The second-order valence-corrected chi connectivity index (χ2v) is 17.4. The van der Waals surface area contributed by atoms with Gasteiger partial charge in [0.15, 0.2) is 5.78 Å². The first-order valence-corrected chi connectivity index (χ1v) is 20.2. The molecule has 0 bridgehead atoms. The van der Waals surface area contributed by atoms with Crippen molar-refractivity contribution in [3.8, 4) is 0 Å². The zero-order valence-electron chi connectivity index (χ0n) is 31.7. The van der Waals surface area contributed by atoms with E-state index in [-0.39, 0.29) is 48.2 Å². The highest BCUT2D eigenvalue weighted by Gasteiger charge is 2.46. The van der Waals surface area contributed by atoms with E-state index in [0.717, 1.165) is 11.1 Å². The number of rotatable bonds is 20. The molecule has 0 radical (unpaired) electrons. The molecular weight excluding hydrogens is 695 g/mol. The third-order valence-electron chi connectivity index (χ3n) is 10.3. The lowest BCUT2D eigenvalue weighted by molar-refractivity contribution is -0.138. The Labute approximate surface area is 315 Å². The van der Waals surface area contributed by atoms with E-state index in [1.54, 1.807) is 4.90 Å². The minimum atomic E-state index is -3.54. The zero-order chi connectivity index (χ0) is 38.7. The Morgan fingerprint density at radius 1 is 0.811 bits per heavy atom. The Balaban J connectivity index is 1.46. The van der Waals surface area contributed by atoms with Gasteiger partial charge in [0.1, 0.15) is 6.04 Å². The zero-order valence-corrected chi connectivity index (χ0v) is 32.5. The Morgan fingerprint density at radius 3 is 1.89 bits per heavy atom. The van der Waals surface area contributed by atoms with Crippen LogP contribution in [-0.4, -0.2) is 110 Å². The molecule has 2 aliphatic heterocycles. The van der Waals surface area contributed by atoms with Crippen LogP contribution in [0.2, 0.25) is 0 Å². The number of Topliss-reactive ketones (excluding diaryl/α,β-unsaturated/α-hetero) is 1. The number of hydrogen-bond donors (Lipinski definition) is 4. The number of carbonyl (C=O) groups excluding carboxylic acids is 4. The van der Waals surface area contributed by atoms with Gasteiger partial charge in [-0.1, -0.05) is 74.5 Å². The SMILES string of the molecule is CC(C)CC(CC(=O)C(Cc1ccccc1)NC(=O)C(N)Cc1ccccc1)C(=O)NC(CCCCN)C(=O)N1CC2CN(S(=O)(=O)N(C)C)CC2C1. The number of likely N-dealkylation sites (tertiary alicyclic amines) is 1. The molecule has 13 nitrogen and oxygen atoms in total. The number of nitrogens with one attached hydrogen (secondary N) is 2. The van der Waals surface area contributed by atoms with Crippen molar-refractivity contribution in [3.63, 3.8) is 0 Å². The van der Waals surface area contributed by atoms with Gasteiger partial charge < -0.3 is 27.0 Å². The first kappa shape index (κ1) is 42.1. The van der Waals surface area contributed by atoms with E-state index < -0.39 is 40.2 Å². The average molecular weight is 754 g/mol. The number of benzene rings is 2. The summed E-state index contributed by atoms with van der Waals surface area (Å²) in [5, 5.41) is 5.90. The van der Waals surface area contributed by atoms with Crippen molar-refractivity contribution in [2.45, 2.75) is 76.9 Å². The van der Waals surface area contributed by atoms with Crippen LogP contribution >= 0.6 is 0 Å². The van der Waals surface area contributed by atoms with Gasteiger partial charge in [-0.2, -0.15) is 17.0 Å². The second-order valence-electron chi connectivity index (χ2n) is 15.3. The molecule has 6 N–H and O–H groups in total. The van der Waals surface area contributed by atoms with Gasteiger partial charge in [-0.05, 0) is 74.0 Å². The van der Waals surface area contributed by atoms with Crippen LogP contribution in [0.5, 0.6) is 0 Å². The van der Waals surface area contributed by atoms with E-state index in [1.165, 1.54) is 22.7 Å². The molecule has 0 saturated carbocycles. The maximum Gasteiger partial charge on any atom is 0.281 e. The quantitative estimate of drug-likeness (QED) is 0.147. The normalized spacial score (nSPS) is 19.8. The molecule has 6 unspecified atom stereocenters. The molecule has 2 aliphatic rings. The number of nitrogens with zero attached hydrogens (tertiary/aromatic N) is 3. The number of nitrogens with two attached hydrogens (primary N) is 2. The topological polar surface area (TPSA) is 188 Å². The van der Waals surface area contributed by atoms with E-state index in [2.05, 4.69) is 10.6 Å². The number of carbonyl (C=O) groups is 4. The van der Waals surface area contributed by atoms with Gasteiger partial charge in [0.2, 0.25) is 17.7 Å². The van der Waals surface area contributed by atoms with Gasteiger partial charge in [-0.3, -0.25) is 19.2 Å². The fourth-order valence-corrected chi connectivity index (χ4v) is 8.60. The first-order chi connectivity index (χ1) is 25.2. The van der Waals surface area contributed by atoms with Gasteiger partial charge in [-0.15, -0.1) is 0 Å². The molecule has 6 atom stereocenters. The molecule has 3 amide bonds. The molecule has 0 aliphatic carbocycles. The van der Waals surface area contributed by atoms with Gasteiger partial charge in [0.05, 0.1) is 12.1 Å². The number of unbranched alkanes of at least 4 members (excludes halogenated alkanes) is 1. The van der Waals surface area contributed by atoms with Crippen molar-refractivity contribution in [1.82, 2.24) is 24.1 Å². The molecule has 2 aromatic rings. The van der Waals surface area contributed by atoms with E-state index in [9.17, 15) is 27.6 Å². The standard InChI is InChI=1S/C39H59N7O6S/c1-27(2)19-30(22-36(47)35(21-29-15-9-6-10-16-29)43-38(49)33(41)20-28-13-7-5-8-14-28)37(48)42-34(17-11-12-18-40)39(50)45-23-31-25-46(26-32(31)24-45)53(51,52)44(3)4/h5-10,13-16,27,30-35H,11-12,17-26,40-41H2,1-4H3,(H,42,48)(H,43,49). The minimum Gasteiger partial charge on any atom is -0.345 e. The van der Waals surface area contributed by atoms with Gasteiger partial charge >= 0.3 is 0 Å². The van der Waals surface area contributed by atoms with Crippen molar-refractivity contribution in [2.24, 2.45) is 35.1 Å². The van der Waals surface area contributed by atoms with Crippen LogP contribution in [0.3, 0.4) is 0 Å². The van der Waals surface area contributed by atoms with Crippen LogP contribution in [0.4, 0.5) is 0 Å². The van der Waals surface area contributed by atoms with Crippen molar-refractivity contribution in [3.05, 3.63) is 71.8 Å². The van der Waals surface area contributed by atoms with E-state index in [0.29, 0.717) is 64.8 Å². The summed E-state index contributed by atoms with van der Waals surface area (Å²) in [5.41, 5.74) is 13.8. The van der Waals surface area contributed by atoms with Crippen LogP contribution in [0.25, 0.3) is 0 Å². The van der Waals surface area contributed by atoms with Crippen LogP contribution in [0, 0.1) is 23.7 Å². The molecule has 2 saturated heterocycles. The lowest BCUT2D eigenvalue weighted by Gasteiger charge is -2.29. The van der Waals surface area contributed by atoms with E-state index >= 15 is 0 Å². The Morgan fingerprint density at radius 2 is 1.36 bits per heavy atom. The summed E-state index contributed by atoms with van der Waals surface area (Å²) < 4.78 is 28.1. The second kappa shape index (κ2) is 19.6. The predicted molar refractivity (Wildman–Crippen MR) is 205 cm³/mol. The highest BCUT2D eigenvalue weighted by atomic mass is 32.2. The summed E-state index contributed by atoms with van der Waals surface area (Å²) in [5.74, 6) is -1.96. The summed E-state index contributed by atoms with van der Waals surface area (Å²) in [6, 6.07) is 16.2. The van der Waals surface area contributed by atoms with Crippen molar-refractivity contribution in [1.29, 1.82) is 0 Å².